The Labute approximate surface area is 105 Å². The smallest absolute Gasteiger partial charge is 0.344 e. The van der Waals surface area contributed by atoms with Crippen molar-refractivity contribution >= 4 is 33.3 Å². The summed E-state index contributed by atoms with van der Waals surface area (Å²) >= 11 is 2.99. The Balaban J connectivity index is 3.61. The summed E-state index contributed by atoms with van der Waals surface area (Å²) in [4.78, 5) is 21.6. The number of rotatable bonds is 3. The first-order valence-corrected chi connectivity index (χ1v) is 5.12. The zero-order valence-corrected chi connectivity index (χ0v) is 10.6. The van der Waals surface area contributed by atoms with Crippen molar-refractivity contribution in [1.82, 2.24) is 0 Å². The van der Waals surface area contributed by atoms with Gasteiger partial charge in [-0.3, -0.25) is 10.1 Å². The lowest BCUT2D eigenvalue weighted by Gasteiger charge is -2.10. The van der Waals surface area contributed by atoms with Crippen molar-refractivity contribution < 1.29 is 19.2 Å². The molecule has 0 bridgehead atoms. The molecule has 0 aliphatic carbocycles. The summed E-state index contributed by atoms with van der Waals surface area (Å²) in [6.07, 6.45) is 0. The first kappa shape index (κ1) is 13.2. The predicted octanol–water partition coefficient (Wildman–Crippen LogP) is 1.73. The number of esters is 1. The van der Waals surface area contributed by atoms with Crippen LogP contribution in [0.1, 0.15) is 10.4 Å². The van der Waals surface area contributed by atoms with Gasteiger partial charge in [-0.25, -0.2) is 4.79 Å². The molecule has 0 heterocycles. The van der Waals surface area contributed by atoms with Gasteiger partial charge in [0.1, 0.15) is 21.5 Å². The largest absolute Gasteiger partial charge is 0.496 e. The van der Waals surface area contributed by atoms with Crippen molar-refractivity contribution in [3.63, 3.8) is 0 Å². The summed E-state index contributed by atoms with van der Waals surface area (Å²) in [6.45, 7) is 0. The Morgan fingerprint density at radius 2 is 2.12 bits per heavy atom. The number of hydrogen-bond acceptors (Lipinski definition) is 6. The maximum Gasteiger partial charge on any atom is 0.344 e. The third kappa shape index (κ3) is 2.31. The fraction of sp³-hybridized carbons (Fsp3) is 0.222. The number of nitrogens with zero attached hydrogens (tertiary/aromatic N) is 1. The van der Waals surface area contributed by atoms with Crippen LogP contribution in [-0.4, -0.2) is 25.1 Å². The van der Waals surface area contributed by atoms with E-state index in [0.717, 1.165) is 7.11 Å². The number of halogens is 1. The number of benzene rings is 1. The van der Waals surface area contributed by atoms with Gasteiger partial charge >= 0.3 is 11.7 Å². The summed E-state index contributed by atoms with van der Waals surface area (Å²) in [6, 6.07) is 1.29. The number of nitrogens with two attached hydrogens (primary N) is 1. The molecule has 2 N–H and O–H groups in total. The molecule has 0 aliphatic heterocycles. The number of carbonyl (C=O) groups is 1. The van der Waals surface area contributed by atoms with Crippen LogP contribution in [0.2, 0.25) is 0 Å². The minimum Gasteiger partial charge on any atom is -0.496 e. The summed E-state index contributed by atoms with van der Waals surface area (Å²) in [7, 11) is 2.47. The maximum atomic E-state index is 11.5. The zero-order valence-electron chi connectivity index (χ0n) is 9.02. The van der Waals surface area contributed by atoms with E-state index in [2.05, 4.69) is 20.7 Å². The molecular formula is C9H9BrN2O5. The van der Waals surface area contributed by atoms with Crippen LogP contribution in [0.4, 0.5) is 11.4 Å². The summed E-state index contributed by atoms with van der Waals surface area (Å²) < 4.78 is 9.56. The highest BCUT2D eigenvalue weighted by Gasteiger charge is 2.28. The van der Waals surface area contributed by atoms with Gasteiger partial charge in [0.2, 0.25) is 0 Å². The molecule has 0 saturated carbocycles. The normalized spacial score (nSPS) is 9.82. The van der Waals surface area contributed by atoms with Crippen LogP contribution in [0.5, 0.6) is 5.75 Å². The van der Waals surface area contributed by atoms with E-state index in [4.69, 9.17) is 10.5 Å². The van der Waals surface area contributed by atoms with Crippen LogP contribution in [0.3, 0.4) is 0 Å². The molecule has 0 radical (unpaired) electrons. The summed E-state index contributed by atoms with van der Waals surface area (Å²) in [5.41, 5.74) is 4.73. The maximum absolute atomic E-state index is 11.5. The fourth-order valence-electron chi connectivity index (χ4n) is 1.29. The number of nitro groups is 1. The van der Waals surface area contributed by atoms with Crippen molar-refractivity contribution in [2.45, 2.75) is 0 Å². The van der Waals surface area contributed by atoms with Gasteiger partial charge in [-0.1, -0.05) is 0 Å². The summed E-state index contributed by atoms with van der Waals surface area (Å²) in [5, 5.41) is 10.8. The molecule has 0 unspecified atom stereocenters. The second-order valence-corrected chi connectivity index (χ2v) is 3.80. The Kier molecular flexibility index (Phi) is 3.89. The fourth-order valence-corrected chi connectivity index (χ4v) is 1.86. The van der Waals surface area contributed by atoms with Crippen LogP contribution in [-0.2, 0) is 4.74 Å². The molecule has 0 aromatic heterocycles. The van der Waals surface area contributed by atoms with Gasteiger partial charge < -0.3 is 15.2 Å². The molecule has 0 aliphatic rings. The number of ether oxygens (including phenoxy) is 2. The topological polar surface area (TPSA) is 105 Å². The number of nitrogen functional groups attached to an aromatic ring is 1. The quantitative estimate of drug-likeness (QED) is 0.394. The zero-order chi connectivity index (χ0) is 13.2. The van der Waals surface area contributed by atoms with E-state index >= 15 is 0 Å². The van der Waals surface area contributed by atoms with Gasteiger partial charge in [0, 0.05) is 6.07 Å². The van der Waals surface area contributed by atoms with Crippen LogP contribution in [0, 0.1) is 10.1 Å². The monoisotopic (exact) mass is 304 g/mol. The molecule has 0 fully saturated rings. The molecular weight excluding hydrogens is 296 g/mol. The van der Waals surface area contributed by atoms with Gasteiger partial charge in [-0.15, -0.1) is 0 Å². The molecule has 1 aromatic carbocycles. The van der Waals surface area contributed by atoms with E-state index in [9.17, 15) is 14.9 Å². The third-order valence-corrected chi connectivity index (χ3v) is 2.65. The average molecular weight is 305 g/mol. The number of methoxy groups -OCH3 is 2. The van der Waals surface area contributed by atoms with Gasteiger partial charge in [0.25, 0.3) is 0 Å². The van der Waals surface area contributed by atoms with E-state index in [-0.39, 0.29) is 21.5 Å². The Morgan fingerprint density at radius 3 is 2.53 bits per heavy atom. The lowest BCUT2D eigenvalue weighted by atomic mass is 10.1. The van der Waals surface area contributed by atoms with E-state index in [0.29, 0.717) is 0 Å². The predicted molar refractivity (Wildman–Crippen MR) is 63.1 cm³/mol. The summed E-state index contributed by atoms with van der Waals surface area (Å²) in [5.74, 6) is -0.693. The average Bonchev–Trinajstić information content (AvgIpc) is 2.26. The molecule has 1 aromatic rings. The van der Waals surface area contributed by atoms with Crippen molar-refractivity contribution in [2.24, 2.45) is 0 Å². The second-order valence-electron chi connectivity index (χ2n) is 2.95. The molecule has 17 heavy (non-hydrogen) atoms. The van der Waals surface area contributed by atoms with Crippen LogP contribution < -0.4 is 10.5 Å². The minimum absolute atomic E-state index is 0.104. The molecule has 8 heteroatoms. The van der Waals surface area contributed by atoms with Gasteiger partial charge in [-0.2, -0.15) is 0 Å². The van der Waals surface area contributed by atoms with Crippen LogP contribution >= 0.6 is 15.9 Å². The van der Waals surface area contributed by atoms with E-state index < -0.39 is 16.6 Å². The molecule has 92 valence electrons. The number of nitro benzene ring substituents is 1. The molecule has 0 amide bonds. The van der Waals surface area contributed by atoms with E-state index in [1.54, 1.807) is 0 Å². The Hall–Kier alpha value is -1.83. The lowest BCUT2D eigenvalue weighted by molar-refractivity contribution is -0.384. The molecule has 1 rings (SSSR count). The second kappa shape index (κ2) is 5.00. The lowest BCUT2D eigenvalue weighted by Crippen LogP contribution is -2.10. The number of hydrogen-bond donors (Lipinski definition) is 1. The van der Waals surface area contributed by atoms with E-state index in [1.165, 1.54) is 13.2 Å². The van der Waals surface area contributed by atoms with Crippen molar-refractivity contribution in [3.8, 4) is 5.75 Å². The molecule has 0 saturated heterocycles. The van der Waals surface area contributed by atoms with Crippen molar-refractivity contribution in [1.29, 1.82) is 0 Å². The standard InChI is InChI=1S/C9H9BrN2O5/c1-16-5-3-4(10)8(12(14)15)7(11)6(5)9(13)17-2/h3H,11H2,1-2H3. The Bertz CT molecular complexity index is 489. The SMILES string of the molecule is COC(=O)c1c(OC)cc(Br)c([N+](=O)[O-])c1N. The van der Waals surface area contributed by atoms with Crippen LogP contribution in [0.25, 0.3) is 0 Å². The minimum atomic E-state index is -0.796. The molecule has 0 spiro atoms. The first-order valence-electron chi connectivity index (χ1n) is 4.32. The van der Waals surface area contributed by atoms with E-state index in [1.807, 2.05) is 0 Å². The van der Waals surface area contributed by atoms with Gasteiger partial charge in [-0.05, 0) is 15.9 Å². The van der Waals surface area contributed by atoms with Gasteiger partial charge in [0.05, 0.1) is 19.1 Å². The third-order valence-electron chi connectivity index (χ3n) is 2.05. The first-order chi connectivity index (χ1) is 7.93. The number of anilines is 1. The highest BCUT2D eigenvalue weighted by molar-refractivity contribution is 9.10. The molecule has 7 nitrogen and oxygen atoms in total. The number of carbonyl (C=O) groups excluding carboxylic acids is 1. The van der Waals surface area contributed by atoms with Gasteiger partial charge in [0.15, 0.2) is 0 Å². The van der Waals surface area contributed by atoms with Crippen molar-refractivity contribution in [3.05, 3.63) is 26.2 Å². The highest BCUT2D eigenvalue weighted by atomic mass is 79.9. The van der Waals surface area contributed by atoms with Crippen molar-refractivity contribution in [2.75, 3.05) is 20.0 Å². The highest BCUT2D eigenvalue weighted by Crippen LogP contribution is 2.39. The van der Waals surface area contributed by atoms with Crippen LogP contribution in [0.15, 0.2) is 10.5 Å². The molecule has 0 atom stereocenters. The Morgan fingerprint density at radius 1 is 1.53 bits per heavy atom.